The number of sulfonamides is 1. The predicted molar refractivity (Wildman–Crippen MR) is 117 cm³/mol. The third-order valence-corrected chi connectivity index (χ3v) is 7.25. The molecule has 3 rings (SSSR count). The number of nitrogens with one attached hydrogen (secondary N) is 1. The van der Waals surface area contributed by atoms with Crippen LogP contribution in [0.1, 0.15) is 22.7 Å². The topological polar surface area (TPSA) is 97.4 Å². The lowest BCUT2D eigenvalue weighted by Gasteiger charge is -2.16. The average Bonchev–Trinajstić information content (AvgIpc) is 3.25. The van der Waals surface area contributed by atoms with E-state index in [0.717, 1.165) is 10.0 Å². The van der Waals surface area contributed by atoms with E-state index in [4.69, 9.17) is 4.42 Å². The summed E-state index contributed by atoms with van der Waals surface area (Å²) in [6.07, 6.45) is 1.50. The zero-order chi connectivity index (χ0) is 22.1. The Hall–Kier alpha value is -2.43. The highest BCUT2D eigenvalue weighted by atomic mass is 79.9. The maximum Gasteiger partial charge on any atom is 0.246 e. The maximum atomic E-state index is 13.1. The molecule has 2 heterocycles. The first-order valence-corrected chi connectivity index (χ1v) is 11.4. The van der Waals surface area contributed by atoms with Crippen LogP contribution in [0.15, 0.2) is 50.4 Å². The van der Waals surface area contributed by atoms with Gasteiger partial charge in [0.1, 0.15) is 17.2 Å². The molecule has 0 aliphatic heterocycles. The van der Waals surface area contributed by atoms with Crippen molar-refractivity contribution in [3.05, 3.63) is 63.8 Å². The molecule has 1 aromatic carbocycles. The number of hydrogen-bond donors (Lipinski definition) is 1. The monoisotopic (exact) mass is 494 g/mol. The number of aryl methyl sites for hydroxylation is 2. The molecule has 0 unspecified atom stereocenters. The summed E-state index contributed by atoms with van der Waals surface area (Å²) in [5, 5.41) is 7.13. The number of rotatable bonds is 7. The van der Waals surface area contributed by atoms with Gasteiger partial charge in [-0.05, 0) is 56.7 Å². The second-order valence-electron chi connectivity index (χ2n) is 7.01. The van der Waals surface area contributed by atoms with Crippen molar-refractivity contribution >= 4 is 37.5 Å². The second-order valence-corrected chi connectivity index (χ2v) is 9.90. The van der Waals surface area contributed by atoms with E-state index in [1.807, 2.05) is 19.1 Å². The van der Waals surface area contributed by atoms with Crippen LogP contribution in [0.25, 0.3) is 0 Å². The number of benzene rings is 1. The number of carbonyl (C=O) groups is 1. The van der Waals surface area contributed by atoms with E-state index in [1.165, 1.54) is 22.3 Å². The Morgan fingerprint density at radius 2 is 2.00 bits per heavy atom. The Morgan fingerprint density at radius 1 is 1.27 bits per heavy atom. The normalized spacial score (nSPS) is 11.8. The van der Waals surface area contributed by atoms with Crippen LogP contribution in [0, 0.1) is 20.8 Å². The molecule has 8 nitrogen and oxygen atoms in total. The van der Waals surface area contributed by atoms with Crippen LogP contribution >= 0.6 is 15.9 Å². The first-order valence-electron chi connectivity index (χ1n) is 9.18. The fraction of sp³-hybridized carbons (Fsp3) is 0.300. The molecule has 0 atom stereocenters. The van der Waals surface area contributed by atoms with Crippen LogP contribution in [0.5, 0.6) is 0 Å². The molecule has 10 heteroatoms. The third-order valence-electron chi connectivity index (χ3n) is 4.70. The fourth-order valence-electron chi connectivity index (χ4n) is 3.16. The quantitative estimate of drug-likeness (QED) is 0.540. The molecular weight excluding hydrogens is 472 g/mol. The predicted octanol–water partition coefficient (Wildman–Crippen LogP) is 3.62. The van der Waals surface area contributed by atoms with E-state index in [0.29, 0.717) is 22.8 Å². The highest BCUT2D eigenvalue weighted by Gasteiger charge is 2.29. The van der Waals surface area contributed by atoms with E-state index in [2.05, 4.69) is 26.3 Å². The zero-order valence-electron chi connectivity index (χ0n) is 17.1. The van der Waals surface area contributed by atoms with Crippen molar-refractivity contribution in [2.45, 2.75) is 38.8 Å². The molecule has 0 saturated carbocycles. The van der Waals surface area contributed by atoms with Crippen molar-refractivity contribution in [3.63, 3.8) is 0 Å². The van der Waals surface area contributed by atoms with E-state index < -0.39 is 10.0 Å². The first-order chi connectivity index (χ1) is 14.1. The van der Waals surface area contributed by atoms with Crippen molar-refractivity contribution in [2.24, 2.45) is 0 Å². The van der Waals surface area contributed by atoms with Gasteiger partial charge < -0.3 is 9.73 Å². The molecule has 0 spiro atoms. The minimum Gasteiger partial charge on any atom is -0.468 e. The zero-order valence-corrected chi connectivity index (χ0v) is 19.5. The second kappa shape index (κ2) is 8.75. The summed E-state index contributed by atoms with van der Waals surface area (Å²) < 4.78 is 35.0. The Balaban J connectivity index is 1.80. The molecule has 0 aliphatic carbocycles. The van der Waals surface area contributed by atoms with Crippen LogP contribution in [-0.2, 0) is 27.9 Å². The van der Waals surface area contributed by atoms with E-state index in [-0.39, 0.29) is 23.9 Å². The van der Waals surface area contributed by atoms with Gasteiger partial charge in [-0.15, -0.1) is 0 Å². The van der Waals surface area contributed by atoms with Crippen molar-refractivity contribution < 1.29 is 17.6 Å². The summed E-state index contributed by atoms with van der Waals surface area (Å²) in [7, 11) is -2.33. The van der Waals surface area contributed by atoms with Gasteiger partial charge in [-0.3, -0.25) is 9.48 Å². The molecule has 3 aromatic rings. The summed E-state index contributed by atoms with van der Waals surface area (Å²) in [6.45, 7) is 5.16. The number of hydrogen-bond acceptors (Lipinski definition) is 5. The lowest BCUT2D eigenvalue weighted by atomic mass is 10.2. The standard InChI is InChI=1S/C20H23BrN4O4S/c1-13-10-16(21)7-8-18(13)22-19(26)12-25-15(3)20(14(2)23-25)30(27,28)24(4)11-17-6-5-9-29-17/h5-10H,11-12H2,1-4H3,(H,22,26). The smallest absolute Gasteiger partial charge is 0.246 e. The van der Waals surface area contributed by atoms with Crippen molar-refractivity contribution in [2.75, 3.05) is 12.4 Å². The Morgan fingerprint density at radius 3 is 2.63 bits per heavy atom. The van der Waals surface area contributed by atoms with Gasteiger partial charge in [-0.1, -0.05) is 15.9 Å². The number of nitrogens with zero attached hydrogens (tertiary/aromatic N) is 3. The maximum absolute atomic E-state index is 13.1. The molecule has 160 valence electrons. The fourth-order valence-corrected chi connectivity index (χ4v) is 5.14. The van der Waals surface area contributed by atoms with Crippen LogP contribution in [-0.4, -0.2) is 35.5 Å². The number of amides is 1. The van der Waals surface area contributed by atoms with Crippen molar-refractivity contribution in [1.29, 1.82) is 0 Å². The first kappa shape index (κ1) is 22.3. The van der Waals surface area contributed by atoms with E-state index in [1.54, 1.807) is 32.0 Å². The summed E-state index contributed by atoms with van der Waals surface area (Å²) in [6, 6.07) is 8.96. The highest BCUT2D eigenvalue weighted by molar-refractivity contribution is 9.10. The SMILES string of the molecule is Cc1cc(Br)ccc1NC(=O)Cn1nc(C)c(S(=O)(=O)N(C)Cc2ccco2)c1C. The molecule has 30 heavy (non-hydrogen) atoms. The summed E-state index contributed by atoms with van der Waals surface area (Å²) in [5.41, 5.74) is 2.34. The molecule has 0 aliphatic rings. The van der Waals surface area contributed by atoms with E-state index in [9.17, 15) is 13.2 Å². The lowest BCUT2D eigenvalue weighted by molar-refractivity contribution is -0.116. The van der Waals surface area contributed by atoms with Crippen LogP contribution < -0.4 is 5.32 Å². The van der Waals surface area contributed by atoms with Gasteiger partial charge in [0.25, 0.3) is 0 Å². The molecule has 2 aromatic heterocycles. The van der Waals surface area contributed by atoms with Gasteiger partial charge in [0, 0.05) is 17.2 Å². The Bertz CT molecular complexity index is 1170. The van der Waals surface area contributed by atoms with Crippen LogP contribution in [0.2, 0.25) is 0 Å². The average molecular weight is 495 g/mol. The third kappa shape index (κ3) is 4.66. The number of carbonyl (C=O) groups excluding carboxylic acids is 1. The molecular formula is C20H23BrN4O4S. The molecule has 0 radical (unpaired) electrons. The van der Waals surface area contributed by atoms with Gasteiger partial charge in [0.2, 0.25) is 15.9 Å². The van der Waals surface area contributed by atoms with Gasteiger partial charge in [0.05, 0.1) is 24.2 Å². The molecule has 0 bridgehead atoms. The largest absolute Gasteiger partial charge is 0.468 e. The minimum atomic E-state index is -3.81. The van der Waals surface area contributed by atoms with Gasteiger partial charge >= 0.3 is 0 Å². The molecule has 1 amide bonds. The Labute approximate surface area is 184 Å². The molecule has 0 saturated heterocycles. The Kier molecular flexibility index (Phi) is 6.49. The summed E-state index contributed by atoms with van der Waals surface area (Å²) >= 11 is 3.39. The van der Waals surface area contributed by atoms with Gasteiger partial charge in [0.15, 0.2) is 0 Å². The number of anilines is 1. The number of aromatic nitrogens is 2. The highest BCUT2D eigenvalue weighted by Crippen LogP contribution is 2.24. The summed E-state index contributed by atoms with van der Waals surface area (Å²) in [4.78, 5) is 12.6. The summed E-state index contributed by atoms with van der Waals surface area (Å²) in [5.74, 6) is 0.243. The van der Waals surface area contributed by atoms with Crippen LogP contribution in [0.3, 0.4) is 0 Å². The van der Waals surface area contributed by atoms with Crippen molar-refractivity contribution in [1.82, 2.24) is 14.1 Å². The van der Waals surface area contributed by atoms with Gasteiger partial charge in [-0.2, -0.15) is 9.40 Å². The minimum absolute atomic E-state index is 0.0976. The molecule has 1 N–H and O–H groups in total. The van der Waals surface area contributed by atoms with Crippen LogP contribution in [0.4, 0.5) is 5.69 Å². The van der Waals surface area contributed by atoms with Crippen molar-refractivity contribution in [3.8, 4) is 0 Å². The van der Waals surface area contributed by atoms with Gasteiger partial charge in [-0.25, -0.2) is 8.42 Å². The number of furan rings is 1. The number of halogens is 1. The lowest BCUT2D eigenvalue weighted by Crippen LogP contribution is -2.27. The van der Waals surface area contributed by atoms with E-state index >= 15 is 0 Å². The molecule has 0 fully saturated rings.